The first-order chi connectivity index (χ1) is 17.3. The molecule has 0 aliphatic carbocycles. The predicted molar refractivity (Wildman–Crippen MR) is 123 cm³/mol. The fourth-order valence-electron chi connectivity index (χ4n) is 3.97. The van der Waals surface area contributed by atoms with Gasteiger partial charge in [0.05, 0.1) is 17.7 Å². The molecule has 0 fully saturated rings. The Bertz CT molecular complexity index is 1410. The van der Waals surface area contributed by atoms with Gasteiger partial charge in [-0.15, -0.1) is 0 Å². The van der Waals surface area contributed by atoms with Gasteiger partial charge in [0.1, 0.15) is 11.6 Å². The van der Waals surface area contributed by atoms with Crippen molar-refractivity contribution in [1.82, 2.24) is 14.8 Å². The van der Waals surface area contributed by atoms with Crippen LogP contribution in [0.3, 0.4) is 0 Å². The molecule has 0 atom stereocenters. The van der Waals surface area contributed by atoms with E-state index >= 15 is 0 Å². The molecule has 2 aromatic carbocycles. The molecule has 2 amide bonds. The molecule has 1 aliphatic rings. The first-order valence-corrected chi connectivity index (χ1v) is 10.8. The average Bonchev–Trinajstić information content (AvgIpc) is 3.22. The highest BCUT2D eigenvalue weighted by Crippen LogP contribution is 2.38. The maximum Gasteiger partial charge on any atom is 0.387 e. The topological polar surface area (TPSA) is 72.7 Å². The SMILES string of the molecule is Cn1cc2cc(N3Cc4ccc(OCC(F)F)nc4N(c4ccc(OC(F)F)cc4)C3=O)ccc2n1. The molecule has 4 aromatic rings. The highest BCUT2D eigenvalue weighted by atomic mass is 19.3. The van der Waals surface area contributed by atoms with E-state index in [0.717, 1.165) is 10.9 Å². The van der Waals surface area contributed by atoms with Crippen LogP contribution in [0, 0.1) is 0 Å². The van der Waals surface area contributed by atoms with Gasteiger partial charge >= 0.3 is 12.6 Å². The van der Waals surface area contributed by atoms with E-state index in [1.54, 1.807) is 29.9 Å². The Balaban J connectivity index is 1.56. The van der Waals surface area contributed by atoms with Crippen LogP contribution < -0.4 is 19.3 Å². The van der Waals surface area contributed by atoms with Gasteiger partial charge in [-0.05, 0) is 48.5 Å². The summed E-state index contributed by atoms with van der Waals surface area (Å²) >= 11 is 0. The lowest BCUT2D eigenvalue weighted by Gasteiger charge is -2.36. The van der Waals surface area contributed by atoms with Crippen LogP contribution >= 0.6 is 0 Å². The Labute approximate surface area is 202 Å². The van der Waals surface area contributed by atoms with E-state index < -0.39 is 25.7 Å². The first-order valence-electron chi connectivity index (χ1n) is 10.8. The van der Waals surface area contributed by atoms with E-state index in [9.17, 15) is 22.4 Å². The molecule has 0 spiro atoms. The lowest BCUT2D eigenvalue weighted by atomic mass is 10.1. The van der Waals surface area contributed by atoms with E-state index in [2.05, 4.69) is 14.8 Å². The number of anilines is 3. The van der Waals surface area contributed by atoms with E-state index in [0.29, 0.717) is 16.9 Å². The first kappa shape index (κ1) is 23.4. The molecule has 1 aliphatic heterocycles. The zero-order valence-corrected chi connectivity index (χ0v) is 18.8. The molecule has 0 N–H and O–H groups in total. The zero-order valence-electron chi connectivity index (χ0n) is 18.8. The number of nitrogens with zero attached hydrogens (tertiary/aromatic N) is 5. The largest absolute Gasteiger partial charge is 0.472 e. The van der Waals surface area contributed by atoms with Crippen molar-refractivity contribution < 1.29 is 31.8 Å². The maximum atomic E-state index is 13.7. The minimum absolute atomic E-state index is 0.0743. The summed E-state index contributed by atoms with van der Waals surface area (Å²) in [7, 11) is 1.80. The summed E-state index contributed by atoms with van der Waals surface area (Å²) in [5.41, 5.74) is 2.30. The molecule has 36 heavy (non-hydrogen) atoms. The number of halogens is 4. The van der Waals surface area contributed by atoms with Gasteiger partial charge in [0, 0.05) is 35.9 Å². The van der Waals surface area contributed by atoms with Gasteiger partial charge in [-0.2, -0.15) is 18.9 Å². The highest BCUT2D eigenvalue weighted by molar-refractivity contribution is 6.10. The summed E-state index contributed by atoms with van der Waals surface area (Å²) in [6, 6.07) is 13.5. The van der Waals surface area contributed by atoms with E-state index in [-0.39, 0.29) is 24.0 Å². The molecule has 5 rings (SSSR count). The number of aryl methyl sites for hydroxylation is 1. The number of amides is 2. The number of hydrogen-bond acceptors (Lipinski definition) is 5. The Morgan fingerprint density at radius 1 is 1.00 bits per heavy atom. The number of alkyl halides is 4. The van der Waals surface area contributed by atoms with Crippen molar-refractivity contribution in [3.8, 4) is 11.6 Å². The predicted octanol–water partition coefficient (Wildman–Crippen LogP) is 5.49. The van der Waals surface area contributed by atoms with Gasteiger partial charge in [0.15, 0.2) is 6.61 Å². The van der Waals surface area contributed by atoms with Gasteiger partial charge in [0.2, 0.25) is 5.88 Å². The summed E-state index contributed by atoms with van der Waals surface area (Å²) < 4.78 is 61.6. The molecule has 8 nitrogen and oxygen atoms in total. The lowest BCUT2D eigenvalue weighted by Crippen LogP contribution is -2.45. The number of urea groups is 1. The number of rotatable bonds is 7. The Kier molecular flexibility index (Phi) is 6.08. The van der Waals surface area contributed by atoms with Crippen LogP contribution in [0.2, 0.25) is 0 Å². The fraction of sp³-hybridized carbons (Fsp3) is 0.208. The van der Waals surface area contributed by atoms with Crippen molar-refractivity contribution in [2.24, 2.45) is 7.05 Å². The molecule has 0 bridgehead atoms. The number of pyridine rings is 1. The molecule has 0 radical (unpaired) electrons. The summed E-state index contributed by atoms with van der Waals surface area (Å²) in [4.78, 5) is 20.9. The Hall–Kier alpha value is -4.35. The number of hydrogen-bond donors (Lipinski definition) is 0. The minimum Gasteiger partial charge on any atom is -0.472 e. The van der Waals surface area contributed by atoms with Crippen molar-refractivity contribution in [3.63, 3.8) is 0 Å². The van der Waals surface area contributed by atoms with Crippen molar-refractivity contribution in [2.75, 3.05) is 16.4 Å². The van der Waals surface area contributed by atoms with Crippen LogP contribution in [0.25, 0.3) is 10.9 Å². The van der Waals surface area contributed by atoms with Crippen LogP contribution in [-0.2, 0) is 13.6 Å². The zero-order chi connectivity index (χ0) is 25.4. The quantitative estimate of drug-likeness (QED) is 0.313. The number of aromatic nitrogens is 3. The smallest absolute Gasteiger partial charge is 0.387 e. The van der Waals surface area contributed by atoms with Crippen LogP contribution in [-0.4, -0.2) is 40.4 Å². The molecule has 12 heteroatoms. The van der Waals surface area contributed by atoms with Gasteiger partial charge < -0.3 is 9.47 Å². The molecule has 0 saturated carbocycles. The normalized spacial score (nSPS) is 13.6. The third-order valence-electron chi connectivity index (χ3n) is 5.48. The monoisotopic (exact) mass is 501 g/mol. The second-order valence-corrected chi connectivity index (χ2v) is 7.96. The molecule has 0 unspecified atom stereocenters. The second-order valence-electron chi connectivity index (χ2n) is 7.96. The summed E-state index contributed by atoms with van der Waals surface area (Å²) in [6.45, 7) is -3.69. The van der Waals surface area contributed by atoms with E-state index in [4.69, 9.17) is 4.74 Å². The standard InChI is InChI=1S/C24H19F4N5O3/c1-31-11-15-10-17(5-8-19(15)30-31)32-12-14-2-9-21(35-13-20(25)26)29-22(14)33(24(32)34)16-3-6-18(7-4-16)36-23(27)28/h2-11,20,23H,12-13H2,1H3. The van der Waals surface area contributed by atoms with Crippen LogP contribution in [0.5, 0.6) is 11.6 Å². The lowest BCUT2D eigenvalue weighted by molar-refractivity contribution is -0.0498. The third-order valence-corrected chi connectivity index (χ3v) is 5.48. The van der Waals surface area contributed by atoms with Crippen LogP contribution in [0.4, 0.5) is 39.5 Å². The van der Waals surface area contributed by atoms with E-state index in [1.807, 2.05) is 12.3 Å². The molecule has 3 heterocycles. The molecular weight excluding hydrogens is 482 g/mol. The number of benzene rings is 2. The van der Waals surface area contributed by atoms with Crippen molar-refractivity contribution in [3.05, 3.63) is 66.4 Å². The number of carbonyl (C=O) groups excluding carboxylic acids is 1. The number of fused-ring (bicyclic) bond motifs is 2. The second kappa shape index (κ2) is 9.36. The van der Waals surface area contributed by atoms with E-state index in [1.165, 1.54) is 40.1 Å². The van der Waals surface area contributed by atoms with Gasteiger partial charge in [0.25, 0.3) is 6.43 Å². The van der Waals surface area contributed by atoms with Crippen molar-refractivity contribution >= 4 is 34.1 Å². The molecule has 186 valence electrons. The van der Waals surface area contributed by atoms with Crippen molar-refractivity contribution in [1.29, 1.82) is 0 Å². The van der Waals surface area contributed by atoms with Gasteiger partial charge in [-0.25, -0.2) is 18.5 Å². The molecule has 0 saturated heterocycles. The highest BCUT2D eigenvalue weighted by Gasteiger charge is 2.34. The summed E-state index contributed by atoms with van der Waals surface area (Å²) in [5, 5.41) is 5.18. The van der Waals surface area contributed by atoms with Crippen LogP contribution in [0.15, 0.2) is 60.8 Å². The Morgan fingerprint density at radius 2 is 1.75 bits per heavy atom. The minimum atomic E-state index is -3.00. The molecular formula is C24H19F4N5O3. The number of ether oxygens (including phenoxy) is 2. The fourth-order valence-corrected chi connectivity index (χ4v) is 3.97. The van der Waals surface area contributed by atoms with Gasteiger partial charge in [-0.1, -0.05) is 0 Å². The van der Waals surface area contributed by atoms with Crippen LogP contribution in [0.1, 0.15) is 5.56 Å². The Morgan fingerprint density at radius 3 is 2.47 bits per heavy atom. The third kappa shape index (κ3) is 4.61. The maximum absolute atomic E-state index is 13.7. The summed E-state index contributed by atoms with van der Waals surface area (Å²) in [6.07, 6.45) is -0.865. The average molecular weight is 501 g/mol. The summed E-state index contributed by atoms with van der Waals surface area (Å²) in [5.74, 6) is 0.0297. The number of carbonyl (C=O) groups is 1. The van der Waals surface area contributed by atoms with Crippen molar-refractivity contribution in [2.45, 2.75) is 19.6 Å². The molecule has 2 aromatic heterocycles. The van der Waals surface area contributed by atoms with Gasteiger partial charge in [-0.3, -0.25) is 9.58 Å².